The van der Waals surface area contributed by atoms with Gasteiger partial charge in [-0.2, -0.15) is 11.8 Å². The summed E-state index contributed by atoms with van der Waals surface area (Å²) in [5.74, 6) is 1.56. The summed E-state index contributed by atoms with van der Waals surface area (Å²) in [6.45, 7) is 6.67. The Morgan fingerprint density at radius 1 is 0.567 bits per heavy atom. The molecule has 312 valence electrons. The molecular formula is C47H50Cl2N6O4S. The van der Waals surface area contributed by atoms with Crippen LogP contribution in [0.5, 0.6) is 0 Å². The van der Waals surface area contributed by atoms with Crippen LogP contribution in [-0.4, -0.2) is 68.4 Å². The fraction of sp³-hybridized carbons (Fsp3) is 0.319. The molecule has 2 fully saturated rings. The van der Waals surface area contributed by atoms with Crippen molar-refractivity contribution in [2.24, 2.45) is 14.1 Å². The summed E-state index contributed by atoms with van der Waals surface area (Å²) >= 11 is 13.8. The zero-order chi connectivity index (χ0) is 42.2. The second-order valence-corrected chi connectivity index (χ2v) is 17.6. The summed E-state index contributed by atoms with van der Waals surface area (Å²) in [6, 6.07) is 26.5. The van der Waals surface area contributed by atoms with E-state index in [0.29, 0.717) is 33.9 Å². The summed E-state index contributed by atoms with van der Waals surface area (Å²) in [4.78, 5) is 56.6. The quantitative estimate of drug-likeness (QED) is 0.145. The predicted molar refractivity (Wildman–Crippen MR) is 245 cm³/mol. The summed E-state index contributed by atoms with van der Waals surface area (Å²) in [7, 11) is 3.72. The number of likely N-dealkylation sites (tertiary alicyclic amines) is 1. The van der Waals surface area contributed by atoms with E-state index in [1.807, 2.05) is 83.5 Å². The van der Waals surface area contributed by atoms with E-state index in [1.165, 1.54) is 19.3 Å². The lowest BCUT2D eigenvalue weighted by Crippen LogP contribution is -2.32. The molecule has 2 N–H and O–H groups in total. The van der Waals surface area contributed by atoms with Gasteiger partial charge in [0.15, 0.2) is 0 Å². The summed E-state index contributed by atoms with van der Waals surface area (Å²) < 4.78 is 3.69. The predicted octanol–water partition coefficient (Wildman–Crippen LogP) is 7.78. The van der Waals surface area contributed by atoms with Crippen LogP contribution in [0.25, 0.3) is 21.8 Å². The number of hydrogen-bond donors (Lipinski definition) is 2. The van der Waals surface area contributed by atoms with E-state index in [9.17, 15) is 19.2 Å². The second kappa shape index (κ2) is 20.1. The number of piperidine rings is 1. The highest BCUT2D eigenvalue weighted by atomic mass is 35.5. The maximum Gasteiger partial charge on any atom is 0.257 e. The van der Waals surface area contributed by atoms with E-state index >= 15 is 0 Å². The highest BCUT2D eigenvalue weighted by Crippen LogP contribution is 2.20. The van der Waals surface area contributed by atoms with Crippen molar-refractivity contribution >= 4 is 68.6 Å². The molecule has 2 aliphatic heterocycles. The zero-order valence-electron chi connectivity index (χ0n) is 34.0. The Labute approximate surface area is 364 Å². The lowest BCUT2D eigenvalue weighted by atomic mass is 10.1. The molecule has 4 aromatic carbocycles. The SMILES string of the molecule is Cn1cc(C(=O)NCc2ccc(Cl)cc2)c(=O)c2cc(CN3CCCCC3)ccc21.Cn1cc(C(=O)NCc2ccc(Cl)cc2)c(=O)c2cc(CN3CCSCC3)ccc21. The van der Waals surface area contributed by atoms with Crippen LogP contribution in [0.3, 0.4) is 0 Å². The summed E-state index contributed by atoms with van der Waals surface area (Å²) in [5.41, 5.74) is 5.58. The molecule has 0 atom stereocenters. The molecule has 60 heavy (non-hydrogen) atoms. The Kier molecular flexibility index (Phi) is 14.5. The molecule has 4 heterocycles. The summed E-state index contributed by atoms with van der Waals surface area (Å²) in [5, 5.41) is 8.15. The molecule has 6 aromatic rings. The maximum atomic E-state index is 13.1. The van der Waals surface area contributed by atoms with Crippen LogP contribution in [0.4, 0.5) is 0 Å². The molecule has 2 aromatic heterocycles. The summed E-state index contributed by atoms with van der Waals surface area (Å²) in [6.07, 6.45) is 6.99. The van der Waals surface area contributed by atoms with Gasteiger partial charge in [-0.15, -0.1) is 0 Å². The van der Waals surface area contributed by atoms with Gasteiger partial charge in [0.1, 0.15) is 11.1 Å². The number of amides is 2. The van der Waals surface area contributed by atoms with Gasteiger partial charge in [0, 0.05) is 98.1 Å². The lowest BCUT2D eigenvalue weighted by molar-refractivity contribution is 0.0941. The Balaban J connectivity index is 0.000000181. The van der Waals surface area contributed by atoms with Crippen molar-refractivity contribution in [2.75, 3.05) is 37.7 Å². The maximum absolute atomic E-state index is 13.1. The second-order valence-electron chi connectivity index (χ2n) is 15.5. The van der Waals surface area contributed by atoms with E-state index in [2.05, 4.69) is 32.6 Å². The highest BCUT2D eigenvalue weighted by molar-refractivity contribution is 7.99. The Hall–Kier alpha value is -4.91. The number of fused-ring (bicyclic) bond motifs is 2. The molecule has 2 aliphatic rings. The average Bonchev–Trinajstić information content (AvgIpc) is 3.26. The first kappa shape index (κ1) is 43.2. The van der Waals surface area contributed by atoms with E-state index in [-0.39, 0.29) is 33.8 Å². The average molecular weight is 866 g/mol. The van der Waals surface area contributed by atoms with Crippen molar-refractivity contribution in [1.82, 2.24) is 29.6 Å². The Bertz CT molecular complexity index is 2420. The standard InChI is InChI=1S/C24H26ClN3O2.C23H24ClN3O2S/c1-27-16-21(24(30)26-14-17-5-8-19(25)9-6-17)23(29)20-13-18(7-10-22(20)27)15-28-11-3-2-4-12-28;1-26-15-20(23(29)25-13-16-2-5-18(24)6-3-16)22(28)19-12-17(4-7-21(19)26)14-27-8-10-30-11-9-27/h5-10,13,16H,2-4,11-12,14-15H2,1H3,(H,26,30);2-7,12,15H,8-11,13-14H2,1H3,(H,25,29). The van der Waals surface area contributed by atoms with Gasteiger partial charge < -0.3 is 19.8 Å². The Morgan fingerprint density at radius 2 is 0.967 bits per heavy atom. The molecule has 0 saturated carbocycles. The van der Waals surface area contributed by atoms with E-state index in [4.69, 9.17) is 23.2 Å². The number of aromatic nitrogens is 2. The van der Waals surface area contributed by atoms with Crippen LogP contribution in [-0.2, 0) is 40.3 Å². The normalized spacial score (nSPS) is 14.7. The van der Waals surface area contributed by atoms with Gasteiger partial charge in [-0.05, 0) is 96.7 Å². The van der Waals surface area contributed by atoms with Gasteiger partial charge in [0.2, 0.25) is 10.9 Å². The first-order valence-corrected chi connectivity index (χ1v) is 22.3. The smallest absolute Gasteiger partial charge is 0.257 e. The third kappa shape index (κ3) is 10.9. The monoisotopic (exact) mass is 864 g/mol. The van der Waals surface area contributed by atoms with Crippen LogP contribution in [0.2, 0.25) is 10.0 Å². The Morgan fingerprint density at radius 3 is 1.40 bits per heavy atom. The van der Waals surface area contributed by atoms with Gasteiger partial charge >= 0.3 is 0 Å². The third-order valence-electron chi connectivity index (χ3n) is 11.1. The van der Waals surface area contributed by atoms with Crippen molar-refractivity contribution in [3.8, 4) is 0 Å². The number of thioether (sulfide) groups is 1. The number of halogens is 2. The third-order valence-corrected chi connectivity index (χ3v) is 12.5. The first-order chi connectivity index (χ1) is 29.0. The number of hydrogen-bond acceptors (Lipinski definition) is 7. The van der Waals surface area contributed by atoms with Crippen molar-refractivity contribution in [3.05, 3.63) is 161 Å². The molecule has 0 bridgehead atoms. The van der Waals surface area contributed by atoms with Crippen LogP contribution in [0, 0.1) is 0 Å². The van der Waals surface area contributed by atoms with E-state index in [1.54, 1.807) is 36.7 Å². The molecular weight excluding hydrogens is 816 g/mol. The highest BCUT2D eigenvalue weighted by Gasteiger charge is 2.18. The fourth-order valence-corrected chi connectivity index (χ4v) is 8.98. The molecule has 0 spiro atoms. The van der Waals surface area contributed by atoms with E-state index < -0.39 is 0 Å². The molecule has 10 nitrogen and oxygen atoms in total. The molecule has 2 amide bonds. The van der Waals surface area contributed by atoms with Gasteiger partial charge in [-0.1, -0.05) is 66.0 Å². The molecule has 0 radical (unpaired) electrons. The number of nitrogens with one attached hydrogen (secondary N) is 2. The lowest BCUT2D eigenvalue weighted by Gasteiger charge is -2.26. The number of benzene rings is 4. The van der Waals surface area contributed by atoms with Gasteiger partial charge in [0.05, 0.1) is 11.0 Å². The van der Waals surface area contributed by atoms with Crippen LogP contribution < -0.4 is 21.5 Å². The van der Waals surface area contributed by atoms with Crippen molar-refractivity contribution < 1.29 is 9.59 Å². The van der Waals surface area contributed by atoms with Gasteiger partial charge in [0.25, 0.3) is 11.8 Å². The number of nitrogens with zero attached hydrogens (tertiary/aromatic N) is 4. The number of carbonyl (C=O) groups excluding carboxylic acids is 2. The molecule has 0 unspecified atom stereocenters. The van der Waals surface area contributed by atoms with Crippen LogP contribution >= 0.6 is 35.0 Å². The van der Waals surface area contributed by atoms with Crippen molar-refractivity contribution in [1.29, 1.82) is 0 Å². The number of pyridine rings is 2. The minimum absolute atomic E-state index is 0.158. The number of carbonyl (C=O) groups is 2. The zero-order valence-corrected chi connectivity index (χ0v) is 36.3. The number of aryl methyl sites for hydroxylation is 2. The topological polar surface area (TPSA) is 109 Å². The molecule has 2 saturated heterocycles. The molecule has 8 rings (SSSR count). The van der Waals surface area contributed by atoms with Crippen molar-refractivity contribution in [3.63, 3.8) is 0 Å². The van der Waals surface area contributed by atoms with Crippen LogP contribution in [0.15, 0.2) is 107 Å². The van der Waals surface area contributed by atoms with E-state index in [0.717, 1.165) is 84.1 Å². The molecule has 13 heteroatoms. The van der Waals surface area contributed by atoms with Crippen LogP contribution in [0.1, 0.15) is 62.2 Å². The van der Waals surface area contributed by atoms with Gasteiger partial charge in [-0.3, -0.25) is 29.0 Å². The van der Waals surface area contributed by atoms with Crippen molar-refractivity contribution in [2.45, 2.75) is 45.4 Å². The molecule has 0 aliphatic carbocycles. The van der Waals surface area contributed by atoms with Gasteiger partial charge in [-0.25, -0.2) is 0 Å². The fourth-order valence-electron chi connectivity index (χ4n) is 7.75. The minimum Gasteiger partial charge on any atom is -0.350 e. The largest absolute Gasteiger partial charge is 0.350 e. The number of rotatable bonds is 10. The minimum atomic E-state index is -0.370. The first-order valence-electron chi connectivity index (χ1n) is 20.3.